The van der Waals surface area contributed by atoms with Crippen LogP contribution in [0.5, 0.6) is 0 Å². The van der Waals surface area contributed by atoms with E-state index in [-0.39, 0.29) is 4.90 Å². The Balaban J connectivity index is 1.39. The molecule has 0 spiro atoms. The smallest absolute Gasteiger partial charge is 0.264 e. The quantitative estimate of drug-likeness (QED) is 0.236. The molecule has 0 unspecified atom stereocenters. The Labute approximate surface area is 224 Å². The van der Waals surface area contributed by atoms with Crippen LogP contribution in [-0.4, -0.2) is 27.1 Å². The van der Waals surface area contributed by atoms with Crippen molar-refractivity contribution in [3.05, 3.63) is 107 Å². The number of nitrogens with one attached hydrogen (secondary N) is 1. The summed E-state index contributed by atoms with van der Waals surface area (Å²) in [6, 6.07) is 24.3. The van der Waals surface area contributed by atoms with Crippen molar-refractivity contribution >= 4 is 38.6 Å². The van der Waals surface area contributed by atoms with E-state index in [2.05, 4.69) is 42.6 Å². The highest BCUT2D eigenvalue weighted by atomic mass is 32.2. The molecule has 0 fully saturated rings. The SMILES string of the molecule is Cc1ccc(S(=O)(=O)N(CC(=O)N/N=C\c2ccc3c4c(cccc24)CC3)c2ccc(C(C)C)cc2)cc1. The van der Waals surface area contributed by atoms with Gasteiger partial charge in [-0.2, -0.15) is 5.10 Å². The molecule has 0 atom stereocenters. The normalized spacial score (nSPS) is 12.9. The fraction of sp³-hybridized carbons (Fsp3) is 0.226. The number of rotatable bonds is 8. The molecule has 38 heavy (non-hydrogen) atoms. The zero-order valence-corrected chi connectivity index (χ0v) is 22.6. The summed E-state index contributed by atoms with van der Waals surface area (Å²) in [5, 5.41) is 6.54. The minimum absolute atomic E-state index is 0.125. The van der Waals surface area contributed by atoms with Gasteiger partial charge in [0.1, 0.15) is 6.54 Å². The number of benzene rings is 4. The van der Waals surface area contributed by atoms with E-state index in [4.69, 9.17) is 0 Å². The van der Waals surface area contributed by atoms with Gasteiger partial charge in [-0.15, -0.1) is 0 Å². The number of nitrogens with zero attached hydrogens (tertiary/aromatic N) is 2. The second-order valence-corrected chi connectivity index (χ2v) is 11.9. The molecule has 7 heteroatoms. The first-order valence-electron chi connectivity index (χ1n) is 12.8. The van der Waals surface area contributed by atoms with Crippen LogP contribution < -0.4 is 9.73 Å². The van der Waals surface area contributed by atoms with Crippen LogP contribution in [0.1, 0.15) is 47.6 Å². The summed E-state index contributed by atoms with van der Waals surface area (Å²) in [6.45, 7) is 5.64. The van der Waals surface area contributed by atoms with Gasteiger partial charge in [-0.25, -0.2) is 13.8 Å². The number of amides is 1. The number of hydrogen-bond donors (Lipinski definition) is 1. The molecule has 0 saturated carbocycles. The number of hydrazone groups is 1. The molecular weight excluding hydrogens is 494 g/mol. The van der Waals surface area contributed by atoms with Gasteiger partial charge >= 0.3 is 0 Å². The maximum atomic E-state index is 13.6. The molecule has 0 saturated heterocycles. The Bertz CT molecular complexity index is 1610. The van der Waals surface area contributed by atoms with Crippen LogP contribution in [-0.2, 0) is 27.7 Å². The second-order valence-electron chi connectivity index (χ2n) is 10.0. The van der Waals surface area contributed by atoms with Crippen molar-refractivity contribution in [1.29, 1.82) is 0 Å². The Morgan fingerprint density at radius 3 is 2.32 bits per heavy atom. The summed E-state index contributed by atoms with van der Waals surface area (Å²) in [4.78, 5) is 13.1. The topological polar surface area (TPSA) is 78.8 Å². The van der Waals surface area contributed by atoms with Gasteiger partial charge in [0.05, 0.1) is 16.8 Å². The maximum Gasteiger partial charge on any atom is 0.264 e. The Morgan fingerprint density at radius 1 is 0.947 bits per heavy atom. The number of anilines is 1. The highest BCUT2D eigenvalue weighted by Crippen LogP contribution is 2.32. The van der Waals surface area contributed by atoms with Gasteiger partial charge < -0.3 is 0 Å². The molecule has 1 aliphatic rings. The molecule has 194 valence electrons. The van der Waals surface area contributed by atoms with Crippen molar-refractivity contribution in [2.24, 2.45) is 5.10 Å². The lowest BCUT2D eigenvalue weighted by Gasteiger charge is -2.24. The first kappa shape index (κ1) is 25.7. The average molecular weight is 526 g/mol. The van der Waals surface area contributed by atoms with E-state index in [9.17, 15) is 13.2 Å². The third-order valence-corrected chi connectivity index (χ3v) is 8.84. The predicted molar refractivity (Wildman–Crippen MR) is 153 cm³/mol. The van der Waals surface area contributed by atoms with Crippen LogP contribution in [0.2, 0.25) is 0 Å². The third-order valence-electron chi connectivity index (χ3n) is 7.05. The predicted octanol–water partition coefficient (Wildman–Crippen LogP) is 5.72. The van der Waals surface area contributed by atoms with E-state index in [1.807, 2.05) is 31.2 Å². The van der Waals surface area contributed by atoms with Crippen molar-refractivity contribution in [3.8, 4) is 0 Å². The van der Waals surface area contributed by atoms with Gasteiger partial charge in [-0.1, -0.05) is 74.0 Å². The van der Waals surface area contributed by atoms with Crippen molar-refractivity contribution < 1.29 is 13.2 Å². The summed E-state index contributed by atoms with van der Waals surface area (Å²) < 4.78 is 28.4. The standard InChI is InChI=1S/C31H31N3O3S/c1-21(2)23-13-15-27(16-14-23)34(38(36,37)28-17-7-22(3)8-18-28)20-30(35)33-32-19-26-12-11-25-10-9-24-5-4-6-29(26)31(24)25/h4-8,11-19,21H,9-10,20H2,1-3H3,(H,33,35)/b32-19-. The van der Waals surface area contributed by atoms with Crippen LogP contribution in [0.15, 0.2) is 88.9 Å². The van der Waals surface area contributed by atoms with E-state index >= 15 is 0 Å². The minimum Gasteiger partial charge on any atom is -0.271 e. The molecular formula is C31H31N3O3S. The summed E-state index contributed by atoms with van der Waals surface area (Å²) in [7, 11) is -3.99. The molecule has 1 N–H and O–H groups in total. The number of carbonyl (C=O) groups is 1. The number of aryl methyl sites for hydroxylation is 3. The van der Waals surface area contributed by atoms with E-state index in [0.717, 1.165) is 39.2 Å². The van der Waals surface area contributed by atoms with Crippen LogP contribution >= 0.6 is 0 Å². The van der Waals surface area contributed by atoms with Crippen molar-refractivity contribution in [2.75, 3.05) is 10.8 Å². The number of hydrogen-bond acceptors (Lipinski definition) is 4. The van der Waals surface area contributed by atoms with E-state index in [0.29, 0.717) is 11.6 Å². The highest BCUT2D eigenvalue weighted by molar-refractivity contribution is 7.92. The van der Waals surface area contributed by atoms with Crippen LogP contribution in [0, 0.1) is 6.92 Å². The summed E-state index contributed by atoms with van der Waals surface area (Å²) in [5.74, 6) is -0.231. The van der Waals surface area contributed by atoms with Gasteiger partial charge in [-0.05, 0) is 77.4 Å². The molecule has 0 aliphatic heterocycles. The van der Waals surface area contributed by atoms with Gasteiger partial charge in [0.25, 0.3) is 15.9 Å². The van der Waals surface area contributed by atoms with Crippen molar-refractivity contribution in [3.63, 3.8) is 0 Å². The lowest BCUT2D eigenvalue weighted by molar-refractivity contribution is -0.119. The van der Waals surface area contributed by atoms with Crippen LogP contribution in [0.4, 0.5) is 5.69 Å². The molecule has 0 heterocycles. The monoisotopic (exact) mass is 525 g/mol. The van der Waals surface area contributed by atoms with Gasteiger partial charge in [0.15, 0.2) is 0 Å². The Morgan fingerprint density at radius 2 is 1.63 bits per heavy atom. The Kier molecular flexibility index (Phi) is 7.04. The zero-order valence-electron chi connectivity index (χ0n) is 21.8. The van der Waals surface area contributed by atoms with Gasteiger partial charge in [0.2, 0.25) is 0 Å². The number of carbonyl (C=O) groups excluding carboxylic acids is 1. The lowest BCUT2D eigenvalue weighted by atomic mass is 10.0. The largest absolute Gasteiger partial charge is 0.271 e. The second kappa shape index (κ2) is 10.4. The molecule has 1 aliphatic carbocycles. The molecule has 1 amide bonds. The highest BCUT2D eigenvalue weighted by Gasteiger charge is 2.27. The van der Waals surface area contributed by atoms with E-state index in [1.54, 1.807) is 42.6 Å². The molecule has 4 aromatic rings. The number of sulfonamides is 1. The summed E-state index contributed by atoms with van der Waals surface area (Å²) in [6.07, 6.45) is 3.69. The fourth-order valence-electron chi connectivity index (χ4n) is 4.90. The zero-order chi connectivity index (χ0) is 26.9. The maximum absolute atomic E-state index is 13.6. The molecule has 6 nitrogen and oxygen atoms in total. The van der Waals surface area contributed by atoms with E-state index in [1.165, 1.54) is 16.5 Å². The van der Waals surface area contributed by atoms with Gasteiger partial charge in [-0.3, -0.25) is 9.10 Å². The molecule has 0 aromatic heterocycles. The first-order valence-corrected chi connectivity index (χ1v) is 14.2. The molecule has 0 bridgehead atoms. The molecule has 4 aromatic carbocycles. The fourth-order valence-corrected chi connectivity index (χ4v) is 6.32. The summed E-state index contributed by atoms with van der Waals surface area (Å²) in [5.41, 5.74) is 8.55. The van der Waals surface area contributed by atoms with Gasteiger partial charge in [0, 0.05) is 5.56 Å². The third kappa shape index (κ3) is 5.07. The van der Waals surface area contributed by atoms with Crippen molar-refractivity contribution in [2.45, 2.75) is 44.4 Å². The minimum atomic E-state index is -3.99. The van der Waals surface area contributed by atoms with E-state index < -0.39 is 22.5 Å². The van der Waals surface area contributed by atoms with Crippen molar-refractivity contribution in [1.82, 2.24) is 5.43 Å². The van der Waals surface area contributed by atoms with Crippen LogP contribution in [0.3, 0.4) is 0 Å². The molecule has 0 radical (unpaired) electrons. The first-order chi connectivity index (χ1) is 18.2. The Hall–Kier alpha value is -3.97. The summed E-state index contributed by atoms with van der Waals surface area (Å²) >= 11 is 0. The average Bonchev–Trinajstić information content (AvgIpc) is 3.33. The lowest BCUT2D eigenvalue weighted by Crippen LogP contribution is -2.39. The van der Waals surface area contributed by atoms with Crippen LogP contribution in [0.25, 0.3) is 10.8 Å². The molecule has 5 rings (SSSR count).